The molecule has 2 heterocycles. The van der Waals surface area contributed by atoms with E-state index in [1.165, 1.54) is 6.20 Å². The molecule has 0 bridgehead atoms. The van der Waals surface area contributed by atoms with Gasteiger partial charge in [0.2, 0.25) is 15.3 Å². The van der Waals surface area contributed by atoms with Crippen molar-refractivity contribution in [3.05, 3.63) is 35.7 Å². The summed E-state index contributed by atoms with van der Waals surface area (Å²) in [7, 11) is -3.53. The molecule has 0 radical (unpaired) electrons. The van der Waals surface area contributed by atoms with Crippen molar-refractivity contribution in [1.82, 2.24) is 15.0 Å². The van der Waals surface area contributed by atoms with Crippen LogP contribution >= 0.6 is 11.6 Å². The van der Waals surface area contributed by atoms with E-state index in [1.54, 1.807) is 45.0 Å². The summed E-state index contributed by atoms with van der Waals surface area (Å²) >= 11 is 5.71. The zero-order valence-corrected chi connectivity index (χ0v) is 13.9. The number of sulfonamides is 1. The third-order valence-electron chi connectivity index (χ3n) is 2.68. The van der Waals surface area contributed by atoms with Gasteiger partial charge in [-0.25, -0.2) is 23.4 Å². The summed E-state index contributed by atoms with van der Waals surface area (Å²) in [4.78, 5) is 11.9. The number of hydrogen-bond acceptors (Lipinski definition) is 6. The van der Waals surface area contributed by atoms with Crippen molar-refractivity contribution in [2.75, 3.05) is 10.0 Å². The zero-order chi connectivity index (χ0) is 16.4. The van der Waals surface area contributed by atoms with Crippen LogP contribution in [0.4, 0.5) is 17.5 Å². The minimum absolute atomic E-state index is 0.106. The molecule has 9 heteroatoms. The van der Waals surface area contributed by atoms with Crippen LogP contribution in [-0.2, 0) is 10.0 Å². The number of halogens is 1. The van der Waals surface area contributed by atoms with Crippen LogP contribution in [0.15, 0.2) is 30.5 Å². The Kier molecular flexibility index (Phi) is 4.52. The van der Waals surface area contributed by atoms with Crippen molar-refractivity contribution in [1.29, 1.82) is 0 Å². The van der Waals surface area contributed by atoms with Crippen LogP contribution in [0.3, 0.4) is 0 Å². The number of anilines is 3. The van der Waals surface area contributed by atoms with E-state index in [9.17, 15) is 8.42 Å². The molecule has 0 amide bonds. The van der Waals surface area contributed by atoms with Gasteiger partial charge in [0.15, 0.2) is 0 Å². The van der Waals surface area contributed by atoms with Crippen molar-refractivity contribution in [2.24, 2.45) is 0 Å². The molecule has 7 nitrogen and oxygen atoms in total. The number of pyridine rings is 1. The highest BCUT2D eigenvalue weighted by molar-refractivity contribution is 7.94. The molecule has 0 aliphatic heterocycles. The Labute approximate surface area is 134 Å². The summed E-state index contributed by atoms with van der Waals surface area (Å²) in [6, 6.07) is 6.56. The van der Waals surface area contributed by atoms with Crippen LogP contribution in [0.5, 0.6) is 0 Å². The first kappa shape index (κ1) is 16.4. The third kappa shape index (κ3) is 4.05. The van der Waals surface area contributed by atoms with Gasteiger partial charge in [-0.1, -0.05) is 6.07 Å². The predicted molar refractivity (Wildman–Crippen MR) is 86.9 cm³/mol. The molecule has 118 valence electrons. The van der Waals surface area contributed by atoms with E-state index >= 15 is 0 Å². The first-order valence-electron chi connectivity index (χ1n) is 6.42. The van der Waals surface area contributed by atoms with E-state index in [1.807, 2.05) is 0 Å². The molecule has 0 spiro atoms. The van der Waals surface area contributed by atoms with Crippen LogP contribution in [0, 0.1) is 0 Å². The Bertz CT molecular complexity index is 774. The average molecular weight is 342 g/mol. The van der Waals surface area contributed by atoms with Gasteiger partial charge in [-0.2, -0.15) is 0 Å². The minimum atomic E-state index is -3.53. The standard InChI is InChI=1S/C13H16ClN5O2S/c1-13(2,3)22(20,21)19-11-6-4-5-9(17-11)16-10-7-8-15-12(14)18-10/h4-8H,1-3H3,(H2,15,16,17,18,19). The van der Waals surface area contributed by atoms with Gasteiger partial charge >= 0.3 is 0 Å². The maximum atomic E-state index is 12.1. The second-order valence-electron chi connectivity index (χ2n) is 5.46. The van der Waals surface area contributed by atoms with Gasteiger partial charge in [0, 0.05) is 6.20 Å². The van der Waals surface area contributed by atoms with Crippen molar-refractivity contribution >= 4 is 39.1 Å². The number of nitrogens with one attached hydrogen (secondary N) is 2. The maximum Gasteiger partial charge on any atom is 0.238 e. The first-order chi connectivity index (χ1) is 10.2. The summed E-state index contributed by atoms with van der Waals surface area (Å²) in [6.07, 6.45) is 1.50. The van der Waals surface area contributed by atoms with Gasteiger partial charge in [-0.3, -0.25) is 4.72 Å². The lowest BCUT2D eigenvalue weighted by Crippen LogP contribution is -2.34. The maximum absolute atomic E-state index is 12.1. The normalized spacial score (nSPS) is 12.0. The Morgan fingerprint density at radius 3 is 2.32 bits per heavy atom. The summed E-state index contributed by atoms with van der Waals surface area (Å²) < 4.78 is 25.8. The first-order valence-corrected chi connectivity index (χ1v) is 8.28. The molecule has 0 saturated carbocycles. The number of nitrogens with zero attached hydrogens (tertiary/aromatic N) is 3. The lowest BCUT2D eigenvalue weighted by Gasteiger charge is -2.20. The van der Waals surface area contributed by atoms with Gasteiger partial charge in [-0.05, 0) is 50.6 Å². The van der Waals surface area contributed by atoms with E-state index in [-0.39, 0.29) is 11.1 Å². The molecule has 2 N–H and O–H groups in total. The molecule has 0 aliphatic carbocycles. The lowest BCUT2D eigenvalue weighted by atomic mass is 10.3. The molecular weight excluding hydrogens is 326 g/mol. The fourth-order valence-corrected chi connectivity index (χ4v) is 2.23. The van der Waals surface area contributed by atoms with Crippen LogP contribution < -0.4 is 10.0 Å². The Hall–Kier alpha value is -1.93. The van der Waals surface area contributed by atoms with E-state index in [0.29, 0.717) is 11.6 Å². The van der Waals surface area contributed by atoms with Gasteiger partial charge in [-0.15, -0.1) is 0 Å². The Balaban J connectivity index is 2.21. The molecule has 0 unspecified atom stereocenters. The van der Waals surface area contributed by atoms with Crippen molar-refractivity contribution in [3.63, 3.8) is 0 Å². The van der Waals surface area contributed by atoms with Crippen LogP contribution in [-0.4, -0.2) is 28.1 Å². The van der Waals surface area contributed by atoms with Crippen molar-refractivity contribution in [2.45, 2.75) is 25.5 Å². The van der Waals surface area contributed by atoms with Crippen LogP contribution in [0.1, 0.15) is 20.8 Å². The molecule has 0 atom stereocenters. The lowest BCUT2D eigenvalue weighted by molar-refractivity contribution is 0.566. The summed E-state index contributed by atoms with van der Waals surface area (Å²) in [5.74, 6) is 1.12. The SMILES string of the molecule is CC(C)(C)S(=O)(=O)Nc1cccc(Nc2ccnc(Cl)n2)n1. The second-order valence-corrected chi connectivity index (χ2v) is 8.24. The summed E-state index contributed by atoms with van der Waals surface area (Å²) in [5.41, 5.74) is 0. The molecule has 2 aromatic rings. The monoisotopic (exact) mass is 341 g/mol. The number of aromatic nitrogens is 3. The fraction of sp³-hybridized carbons (Fsp3) is 0.308. The summed E-state index contributed by atoms with van der Waals surface area (Å²) in [6.45, 7) is 4.83. The van der Waals surface area contributed by atoms with Gasteiger partial charge in [0.25, 0.3) is 0 Å². The highest BCUT2D eigenvalue weighted by atomic mass is 35.5. The molecule has 0 fully saturated rings. The predicted octanol–water partition coefficient (Wildman–Crippen LogP) is 2.81. The molecule has 0 aromatic carbocycles. The quantitative estimate of drug-likeness (QED) is 0.830. The molecule has 0 aliphatic rings. The average Bonchev–Trinajstić information content (AvgIpc) is 2.37. The van der Waals surface area contributed by atoms with Gasteiger partial charge in [0.05, 0.1) is 4.75 Å². The largest absolute Gasteiger partial charge is 0.325 e. The Morgan fingerprint density at radius 1 is 1.05 bits per heavy atom. The van der Waals surface area contributed by atoms with Crippen LogP contribution in [0.25, 0.3) is 0 Å². The minimum Gasteiger partial charge on any atom is -0.325 e. The molecule has 2 rings (SSSR count). The molecule has 0 saturated heterocycles. The number of hydrogen-bond donors (Lipinski definition) is 2. The van der Waals surface area contributed by atoms with Crippen LogP contribution in [0.2, 0.25) is 5.28 Å². The van der Waals surface area contributed by atoms with E-state index in [0.717, 1.165) is 0 Å². The Morgan fingerprint density at radius 2 is 1.68 bits per heavy atom. The molecule has 22 heavy (non-hydrogen) atoms. The highest BCUT2D eigenvalue weighted by Gasteiger charge is 2.29. The molecule has 2 aromatic heterocycles. The summed E-state index contributed by atoms with van der Waals surface area (Å²) in [5, 5.41) is 3.03. The topological polar surface area (TPSA) is 96.9 Å². The van der Waals surface area contributed by atoms with Crippen molar-refractivity contribution < 1.29 is 8.42 Å². The molecular formula is C13H16ClN5O2S. The third-order valence-corrected chi connectivity index (χ3v) is 4.95. The highest BCUT2D eigenvalue weighted by Crippen LogP contribution is 2.20. The van der Waals surface area contributed by atoms with E-state index < -0.39 is 14.8 Å². The van der Waals surface area contributed by atoms with E-state index in [2.05, 4.69) is 25.0 Å². The second kappa shape index (κ2) is 6.05. The van der Waals surface area contributed by atoms with E-state index in [4.69, 9.17) is 11.6 Å². The smallest absolute Gasteiger partial charge is 0.238 e. The van der Waals surface area contributed by atoms with Crippen molar-refractivity contribution in [3.8, 4) is 0 Å². The van der Waals surface area contributed by atoms with Gasteiger partial charge in [0.1, 0.15) is 17.5 Å². The fourth-order valence-electron chi connectivity index (χ4n) is 1.39. The zero-order valence-electron chi connectivity index (χ0n) is 12.3. The number of rotatable bonds is 4. The van der Waals surface area contributed by atoms with Gasteiger partial charge < -0.3 is 5.32 Å².